The van der Waals surface area contributed by atoms with E-state index >= 15 is 0 Å². The van der Waals surface area contributed by atoms with Gasteiger partial charge in [0.25, 0.3) is 0 Å². The zero-order valence-corrected chi connectivity index (χ0v) is 10.7. The Kier molecular flexibility index (Phi) is 2.93. The largest absolute Gasteiger partial charge is 0.418 e. The summed E-state index contributed by atoms with van der Waals surface area (Å²) in [5.74, 6) is 0.878. The second-order valence-electron chi connectivity index (χ2n) is 5.02. The van der Waals surface area contributed by atoms with Crippen LogP contribution in [0.4, 0.5) is 0 Å². The van der Waals surface area contributed by atoms with Gasteiger partial charge in [0.05, 0.1) is 0 Å². The topological polar surface area (TPSA) is 9.23 Å². The Bertz CT molecular complexity index is 265. The van der Waals surface area contributed by atoms with Crippen LogP contribution in [0.25, 0.3) is 0 Å². The first-order valence-electron chi connectivity index (χ1n) is 5.61. The molecule has 0 N–H and O–H groups in total. The lowest BCUT2D eigenvalue weighted by Gasteiger charge is -2.22. The highest BCUT2D eigenvalue weighted by molar-refractivity contribution is 6.34. The third-order valence-electron chi connectivity index (χ3n) is 3.40. The molecule has 2 heteroatoms. The van der Waals surface area contributed by atoms with E-state index in [1.54, 1.807) is 0 Å². The molecule has 0 aromatic heterocycles. The molecule has 0 radical (unpaired) electrons. The van der Waals surface area contributed by atoms with Crippen LogP contribution in [0.15, 0.2) is 23.4 Å². The molecule has 2 atom stereocenters. The first-order chi connectivity index (χ1) is 6.70. The minimum absolute atomic E-state index is 0.394. The molecule has 0 heterocycles. The Hall–Kier alpha value is -0.343. The summed E-state index contributed by atoms with van der Waals surface area (Å²) >= 11 is 0. The summed E-state index contributed by atoms with van der Waals surface area (Å²) in [6.07, 6.45) is 8.92. The molecule has 2 aliphatic carbocycles. The number of allylic oxidation sites excluding steroid dienone is 2. The number of fused-ring (bicyclic) bond motifs is 2. The molecule has 0 saturated heterocycles. The van der Waals surface area contributed by atoms with Gasteiger partial charge < -0.3 is 4.43 Å². The average Bonchev–Trinajstić information content (AvgIpc) is 2.72. The van der Waals surface area contributed by atoms with E-state index in [4.69, 9.17) is 4.43 Å². The second-order valence-corrected chi connectivity index (χ2v) is 6.17. The molecular formula is C12H20OSi. The van der Waals surface area contributed by atoms with Crippen LogP contribution >= 0.6 is 0 Å². The van der Waals surface area contributed by atoms with Gasteiger partial charge in [-0.25, -0.2) is 0 Å². The van der Waals surface area contributed by atoms with Crippen molar-refractivity contribution < 1.29 is 4.43 Å². The van der Waals surface area contributed by atoms with E-state index in [-0.39, 0.29) is 0 Å². The molecule has 1 fully saturated rings. The first kappa shape index (κ1) is 10.2. The summed E-state index contributed by atoms with van der Waals surface area (Å²) < 4.78 is 5.86. The summed E-state index contributed by atoms with van der Waals surface area (Å²) in [6, 6.07) is 0. The van der Waals surface area contributed by atoms with Crippen molar-refractivity contribution in [1.82, 2.24) is 0 Å². The van der Waals surface area contributed by atoms with Gasteiger partial charge in [-0.05, 0) is 39.0 Å². The van der Waals surface area contributed by atoms with E-state index in [0.29, 0.717) is 5.41 Å². The third-order valence-corrected chi connectivity index (χ3v) is 4.83. The molecule has 0 spiro atoms. The Morgan fingerprint density at radius 1 is 1.64 bits per heavy atom. The molecular weight excluding hydrogens is 188 g/mol. The molecule has 0 aromatic rings. The standard InChI is InChI=1S/C12H20OSi/c1-10(2)8-14-13-9-12-5-3-11(7-12)4-6-12/h3,5,8,11H,4,6-7,9,14H2,1-2H3. The first-order valence-corrected chi connectivity index (χ1v) is 7.00. The summed E-state index contributed by atoms with van der Waals surface area (Å²) in [5, 5.41) is 0. The second kappa shape index (κ2) is 4.03. The van der Waals surface area contributed by atoms with Gasteiger partial charge in [0, 0.05) is 12.0 Å². The zero-order valence-electron chi connectivity index (χ0n) is 9.25. The van der Waals surface area contributed by atoms with Gasteiger partial charge in [0.1, 0.15) is 0 Å². The Morgan fingerprint density at radius 3 is 3.00 bits per heavy atom. The van der Waals surface area contributed by atoms with Crippen molar-refractivity contribution in [3.8, 4) is 0 Å². The fraction of sp³-hybridized carbons (Fsp3) is 0.667. The summed E-state index contributed by atoms with van der Waals surface area (Å²) in [4.78, 5) is 0. The Balaban J connectivity index is 1.76. The van der Waals surface area contributed by atoms with Crippen molar-refractivity contribution in [2.75, 3.05) is 6.61 Å². The van der Waals surface area contributed by atoms with Crippen molar-refractivity contribution >= 4 is 9.76 Å². The van der Waals surface area contributed by atoms with E-state index < -0.39 is 9.76 Å². The van der Waals surface area contributed by atoms with Gasteiger partial charge in [-0.15, -0.1) is 0 Å². The van der Waals surface area contributed by atoms with E-state index in [0.717, 1.165) is 12.5 Å². The molecule has 2 bridgehead atoms. The highest BCUT2D eigenvalue weighted by Crippen LogP contribution is 2.49. The van der Waals surface area contributed by atoms with Gasteiger partial charge in [0.2, 0.25) is 0 Å². The van der Waals surface area contributed by atoms with Gasteiger partial charge >= 0.3 is 0 Å². The van der Waals surface area contributed by atoms with Crippen LogP contribution in [0.2, 0.25) is 0 Å². The smallest absolute Gasteiger partial charge is 0.185 e. The lowest BCUT2D eigenvalue weighted by molar-refractivity contribution is 0.208. The van der Waals surface area contributed by atoms with E-state index in [1.165, 1.54) is 24.8 Å². The van der Waals surface area contributed by atoms with E-state index in [2.05, 4.69) is 31.7 Å². The summed E-state index contributed by atoms with van der Waals surface area (Å²) in [5.41, 5.74) is 4.15. The van der Waals surface area contributed by atoms with Gasteiger partial charge in [-0.3, -0.25) is 0 Å². The predicted molar refractivity (Wildman–Crippen MR) is 62.8 cm³/mol. The molecule has 1 nitrogen and oxygen atoms in total. The lowest BCUT2D eigenvalue weighted by Crippen LogP contribution is -2.20. The van der Waals surface area contributed by atoms with Crippen LogP contribution in [0.1, 0.15) is 33.1 Å². The molecule has 14 heavy (non-hydrogen) atoms. The van der Waals surface area contributed by atoms with Crippen LogP contribution in [-0.4, -0.2) is 16.4 Å². The molecule has 2 unspecified atom stereocenters. The number of rotatable bonds is 4. The summed E-state index contributed by atoms with van der Waals surface area (Å²) in [7, 11) is -0.394. The molecule has 0 amide bonds. The number of hydrogen-bond acceptors (Lipinski definition) is 1. The molecule has 0 aromatic carbocycles. The lowest BCUT2D eigenvalue weighted by atomic mass is 9.89. The average molecular weight is 208 g/mol. The molecule has 1 saturated carbocycles. The highest BCUT2D eigenvalue weighted by atomic mass is 28.2. The minimum atomic E-state index is -0.394. The van der Waals surface area contributed by atoms with Crippen LogP contribution in [0.3, 0.4) is 0 Å². The molecule has 2 rings (SSSR count). The van der Waals surface area contributed by atoms with Crippen molar-refractivity contribution in [1.29, 1.82) is 0 Å². The van der Waals surface area contributed by atoms with Crippen molar-refractivity contribution in [3.05, 3.63) is 23.4 Å². The van der Waals surface area contributed by atoms with Crippen LogP contribution < -0.4 is 0 Å². The van der Waals surface area contributed by atoms with Crippen LogP contribution in [0, 0.1) is 11.3 Å². The van der Waals surface area contributed by atoms with Crippen LogP contribution in [-0.2, 0) is 4.43 Å². The van der Waals surface area contributed by atoms with E-state index in [9.17, 15) is 0 Å². The van der Waals surface area contributed by atoms with E-state index in [1.807, 2.05) is 0 Å². The SMILES string of the molecule is CC(C)=C[SiH2]OCC12C=CC(CC1)C2. The maximum absolute atomic E-state index is 5.86. The van der Waals surface area contributed by atoms with Gasteiger partial charge in [-0.2, -0.15) is 0 Å². The van der Waals surface area contributed by atoms with Gasteiger partial charge in [0.15, 0.2) is 9.76 Å². The van der Waals surface area contributed by atoms with Crippen molar-refractivity contribution in [2.45, 2.75) is 33.1 Å². The summed E-state index contributed by atoms with van der Waals surface area (Å²) in [6.45, 7) is 5.28. The Morgan fingerprint density at radius 2 is 2.50 bits per heavy atom. The maximum atomic E-state index is 5.86. The van der Waals surface area contributed by atoms with Crippen molar-refractivity contribution in [3.63, 3.8) is 0 Å². The molecule has 2 aliphatic rings. The normalized spacial score (nSPS) is 34.6. The van der Waals surface area contributed by atoms with Crippen molar-refractivity contribution in [2.24, 2.45) is 11.3 Å². The maximum Gasteiger partial charge on any atom is 0.185 e. The Labute approximate surface area is 89.2 Å². The van der Waals surface area contributed by atoms with Gasteiger partial charge in [-0.1, -0.05) is 23.4 Å². The zero-order chi connectivity index (χ0) is 10.0. The third kappa shape index (κ3) is 2.18. The monoisotopic (exact) mass is 208 g/mol. The highest BCUT2D eigenvalue weighted by Gasteiger charge is 2.40. The molecule has 78 valence electrons. The minimum Gasteiger partial charge on any atom is -0.418 e. The van der Waals surface area contributed by atoms with Crippen LogP contribution in [0.5, 0.6) is 0 Å². The fourth-order valence-electron chi connectivity index (χ4n) is 2.52. The quantitative estimate of drug-likeness (QED) is 0.391. The number of hydrogen-bond donors (Lipinski definition) is 0. The predicted octanol–water partition coefficient (Wildman–Crippen LogP) is 2.37. The fourth-order valence-corrected chi connectivity index (χ4v) is 3.50. The molecule has 0 aliphatic heterocycles.